The third-order valence-electron chi connectivity index (χ3n) is 2.27. The van der Waals surface area contributed by atoms with E-state index in [0.29, 0.717) is 9.21 Å². The molecule has 0 aliphatic heterocycles. The molecule has 0 aliphatic rings. The molecule has 0 unspecified atom stereocenters. The molecule has 0 atom stereocenters. The van der Waals surface area contributed by atoms with Gasteiger partial charge >= 0.3 is 0 Å². The van der Waals surface area contributed by atoms with Gasteiger partial charge in [-0.1, -0.05) is 11.6 Å². The van der Waals surface area contributed by atoms with Gasteiger partial charge in [0.15, 0.2) is 5.78 Å². The summed E-state index contributed by atoms with van der Waals surface area (Å²) >= 11 is 8.36. The Balaban J connectivity index is 1.95. The number of ketones is 1. The molecule has 1 aromatic carbocycles. The SMILES string of the molecule is O=C(CSc1ccc([N+](=O)[O-])cc1)c1ccc(Cl)s1. The molecular weight excluding hydrogens is 306 g/mol. The van der Waals surface area contributed by atoms with Crippen molar-refractivity contribution in [2.45, 2.75) is 4.90 Å². The van der Waals surface area contributed by atoms with Crippen LogP contribution in [0.4, 0.5) is 5.69 Å². The lowest BCUT2D eigenvalue weighted by Crippen LogP contribution is -1.99. The summed E-state index contributed by atoms with van der Waals surface area (Å²) in [5, 5.41) is 10.5. The van der Waals surface area contributed by atoms with Crippen molar-refractivity contribution in [3.8, 4) is 0 Å². The molecule has 0 bridgehead atoms. The van der Waals surface area contributed by atoms with E-state index < -0.39 is 4.92 Å². The highest BCUT2D eigenvalue weighted by Crippen LogP contribution is 2.26. The molecule has 0 fully saturated rings. The van der Waals surface area contributed by atoms with Crippen LogP contribution < -0.4 is 0 Å². The fraction of sp³-hybridized carbons (Fsp3) is 0.0833. The molecule has 1 aromatic heterocycles. The van der Waals surface area contributed by atoms with Crippen LogP contribution in [0, 0.1) is 10.1 Å². The van der Waals surface area contributed by atoms with Gasteiger partial charge in [-0.2, -0.15) is 0 Å². The number of nitro groups is 1. The zero-order valence-corrected chi connectivity index (χ0v) is 11.9. The van der Waals surface area contributed by atoms with Crippen LogP contribution in [0.15, 0.2) is 41.3 Å². The minimum atomic E-state index is -0.451. The van der Waals surface area contributed by atoms with E-state index in [9.17, 15) is 14.9 Å². The van der Waals surface area contributed by atoms with Crippen LogP contribution in [-0.4, -0.2) is 16.5 Å². The smallest absolute Gasteiger partial charge is 0.269 e. The average molecular weight is 314 g/mol. The van der Waals surface area contributed by atoms with E-state index in [2.05, 4.69) is 0 Å². The normalized spacial score (nSPS) is 10.4. The minimum absolute atomic E-state index is 0.000234. The zero-order chi connectivity index (χ0) is 13.8. The first-order valence-corrected chi connectivity index (χ1v) is 7.40. The number of benzene rings is 1. The Morgan fingerprint density at radius 2 is 1.95 bits per heavy atom. The molecule has 0 N–H and O–H groups in total. The molecule has 0 spiro atoms. The highest BCUT2D eigenvalue weighted by atomic mass is 35.5. The van der Waals surface area contributed by atoms with Gasteiger partial charge in [0.25, 0.3) is 5.69 Å². The summed E-state index contributed by atoms with van der Waals surface area (Å²) in [6.45, 7) is 0. The van der Waals surface area contributed by atoms with Crippen molar-refractivity contribution in [2.24, 2.45) is 0 Å². The lowest BCUT2D eigenvalue weighted by atomic mass is 10.3. The number of nitrogens with zero attached hydrogens (tertiary/aromatic N) is 1. The lowest BCUT2D eigenvalue weighted by Gasteiger charge is -1.99. The number of thioether (sulfide) groups is 1. The Bertz CT molecular complexity index is 610. The molecule has 0 aliphatic carbocycles. The Morgan fingerprint density at radius 1 is 1.26 bits per heavy atom. The van der Waals surface area contributed by atoms with Crippen LogP contribution in [0.5, 0.6) is 0 Å². The third kappa shape index (κ3) is 3.79. The summed E-state index contributed by atoms with van der Waals surface area (Å²) in [6.07, 6.45) is 0. The highest BCUT2D eigenvalue weighted by Gasteiger charge is 2.10. The molecule has 2 rings (SSSR count). The Morgan fingerprint density at radius 3 is 2.47 bits per heavy atom. The number of nitro benzene ring substituents is 1. The van der Waals surface area contributed by atoms with Gasteiger partial charge in [-0.3, -0.25) is 14.9 Å². The quantitative estimate of drug-likeness (QED) is 0.358. The number of carbonyl (C=O) groups is 1. The molecule has 0 saturated carbocycles. The van der Waals surface area contributed by atoms with Crippen LogP contribution >= 0.6 is 34.7 Å². The molecule has 4 nitrogen and oxygen atoms in total. The fourth-order valence-corrected chi connectivity index (χ4v) is 3.20. The molecule has 19 heavy (non-hydrogen) atoms. The summed E-state index contributed by atoms with van der Waals surface area (Å²) in [7, 11) is 0. The second-order valence-corrected chi connectivity index (χ2v) is 6.33. The average Bonchev–Trinajstić information content (AvgIpc) is 2.83. The molecule has 1 heterocycles. The van der Waals surface area contributed by atoms with Gasteiger partial charge in [0, 0.05) is 17.0 Å². The summed E-state index contributed by atoms with van der Waals surface area (Å²) in [5.74, 6) is 0.287. The molecule has 0 saturated heterocycles. The van der Waals surface area contributed by atoms with Crippen LogP contribution in [0.3, 0.4) is 0 Å². The van der Waals surface area contributed by atoms with Crippen molar-refractivity contribution in [3.63, 3.8) is 0 Å². The van der Waals surface area contributed by atoms with E-state index in [1.807, 2.05) is 0 Å². The Hall–Kier alpha value is -1.37. The number of rotatable bonds is 5. The van der Waals surface area contributed by atoms with E-state index in [4.69, 9.17) is 11.6 Å². The van der Waals surface area contributed by atoms with Crippen molar-refractivity contribution in [1.29, 1.82) is 0 Å². The van der Waals surface area contributed by atoms with Crippen LogP contribution in [0.1, 0.15) is 9.67 Å². The minimum Gasteiger partial charge on any atom is -0.292 e. The van der Waals surface area contributed by atoms with Gasteiger partial charge in [0.1, 0.15) is 0 Å². The third-order valence-corrected chi connectivity index (χ3v) is 4.55. The van der Waals surface area contributed by atoms with Gasteiger partial charge < -0.3 is 0 Å². The van der Waals surface area contributed by atoms with Gasteiger partial charge in [0.2, 0.25) is 0 Å². The number of halogens is 1. The number of hydrogen-bond donors (Lipinski definition) is 0. The summed E-state index contributed by atoms with van der Waals surface area (Å²) in [6, 6.07) is 9.51. The van der Waals surface area contributed by atoms with Gasteiger partial charge in [-0.05, 0) is 24.3 Å². The number of carbonyl (C=O) groups excluding carboxylic acids is 1. The van der Waals surface area contributed by atoms with Gasteiger partial charge in [-0.25, -0.2) is 0 Å². The highest BCUT2D eigenvalue weighted by molar-refractivity contribution is 8.00. The van der Waals surface area contributed by atoms with Crippen molar-refractivity contribution in [2.75, 3.05) is 5.75 Å². The number of hydrogen-bond acceptors (Lipinski definition) is 5. The van der Waals surface area contributed by atoms with Gasteiger partial charge in [-0.15, -0.1) is 23.1 Å². The number of thiophene rings is 1. The monoisotopic (exact) mass is 313 g/mol. The lowest BCUT2D eigenvalue weighted by molar-refractivity contribution is -0.384. The van der Waals surface area contributed by atoms with Crippen LogP contribution in [-0.2, 0) is 0 Å². The maximum absolute atomic E-state index is 11.8. The first-order valence-electron chi connectivity index (χ1n) is 5.22. The predicted octanol–water partition coefficient (Wildman–Crippen LogP) is 4.28. The van der Waals surface area contributed by atoms with Crippen molar-refractivity contribution in [3.05, 3.63) is 55.7 Å². The fourth-order valence-electron chi connectivity index (χ4n) is 1.35. The zero-order valence-electron chi connectivity index (χ0n) is 9.54. The maximum Gasteiger partial charge on any atom is 0.269 e. The van der Waals surface area contributed by atoms with E-state index in [1.165, 1.54) is 35.2 Å². The molecule has 2 aromatic rings. The standard InChI is InChI=1S/C12H8ClNO3S2/c13-12-6-5-11(19-12)10(15)7-18-9-3-1-8(2-4-9)14(16)17/h1-6H,7H2. The summed E-state index contributed by atoms with van der Waals surface area (Å²) < 4.78 is 0.587. The van der Waals surface area contributed by atoms with Gasteiger partial charge in [0.05, 0.1) is 19.9 Å². The van der Waals surface area contributed by atoms with E-state index in [0.717, 1.165) is 4.90 Å². The molecular formula is C12H8ClNO3S2. The first-order chi connectivity index (χ1) is 9.06. The second-order valence-electron chi connectivity index (χ2n) is 3.57. The van der Waals surface area contributed by atoms with Crippen LogP contribution in [0.2, 0.25) is 4.34 Å². The van der Waals surface area contributed by atoms with E-state index in [-0.39, 0.29) is 17.2 Å². The van der Waals surface area contributed by atoms with Crippen molar-refractivity contribution < 1.29 is 9.72 Å². The largest absolute Gasteiger partial charge is 0.292 e. The Kier molecular flexibility index (Phi) is 4.57. The number of non-ortho nitro benzene ring substituents is 1. The number of Topliss-reactive ketones (excluding diaryl/α,β-unsaturated/α-hetero) is 1. The van der Waals surface area contributed by atoms with E-state index >= 15 is 0 Å². The second kappa shape index (κ2) is 6.18. The molecule has 0 amide bonds. The maximum atomic E-state index is 11.8. The summed E-state index contributed by atoms with van der Waals surface area (Å²) in [4.78, 5) is 23.3. The molecule has 0 radical (unpaired) electrons. The first kappa shape index (κ1) is 14.0. The van der Waals surface area contributed by atoms with E-state index in [1.54, 1.807) is 24.3 Å². The topological polar surface area (TPSA) is 60.2 Å². The molecule has 98 valence electrons. The van der Waals surface area contributed by atoms with Crippen molar-refractivity contribution in [1.82, 2.24) is 0 Å². The Labute approximate surface area is 122 Å². The predicted molar refractivity (Wildman–Crippen MR) is 77.5 cm³/mol. The summed E-state index contributed by atoms with van der Waals surface area (Å²) in [5.41, 5.74) is 0.0423. The van der Waals surface area contributed by atoms with Crippen LogP contribution in [0.25, 0.3) is 0 Å². The van der Waals surface area contributed by atoms with Crippen molar-refractivity contribution >= 4 is 46.2 Å². The molecule has 7 heteroatoms.